The summed E-state index contributed by atoms with van der Waals surface area (Å²) in [6.07, 6.45) is 3.47. The van der Waals surface area contributed by atoms with Crippen LogP contribution in [-0.4, -0.2) is 36.7 Å². The Morgan fingerprint density at radius 3 is 2.11 bits per heavy atom. The highest BCUT2D eigenvalue weighted by Gasteiger charge is 2.37. The van der Waals surface area contributed by atoms with E-state index in [1.807, 2.05) is 0 Å². The molecule has 6 N–H and O–H groups in total. The first-order valence-corrected chi connectivity index (χ1v) is 10.2. The second kappa shape index (κ2) is 9.64. The first-order valence-electron chi connectivity index (χ1n) is 8.02. The molecule has 1 fully saturated rings. The van der Waals surface area contributed by atoms with Crippen molar-refractivity contribution in [2.45, 2.75) is 43.0 Å². The Labute approximate surface area is 178 Å². The van der Waals surface area contributed by atoms with Crippen LogP contribution in [0.2, 0.25) is 10.0 Å². The number of carbonyl (C=O) groups is 2. The van der Waals surface area contributed by atoms with Crippen LogP contribution in [0.25, 0.3) is 0 Å². The van der Waals surface area contributed by atoms with Gasteiger partial charge in [0.05, 0.1) is 21.7 Å². The van der Waals surface area contributed by atoms with Crippen LogP contribution in [0.3, 0.4) is 0 Å². The van der Waals surface area contributed by atoms with Gasteiger partial charge in [-0.1, -0.05) is 42.5 Å². The Morgan fingerprint density at radius 2 is 1.61 bits per heavy atom. The fourth-order valence-corrected chi connectivity index (χ4v) is 5.37. The van der Waals surface area contributed by atoms with Crippen molar-refractivity contribution in [1.29, 1.82) is 0 Å². The lowest BCUT2D eigenvalue weighted by atomic mass is 9.96. The number of halogens is 3. The third-order valence-electron chi connectivity index (χ3n) is 4.14. The summed E-state index contributed by atoms with van der Waals surface area (Å²) in [6.45, 7) is 0. The molecule has 0 bridgehead atoms. The molecule has 2 rings (SSSR count). The van der Waals surface area contributed by atoms with E-state index in [1.165, 1.54) is 0 Å². The molecule has 1 saturated carbocycles. The number of benzene rings is 1. The lowest BCUT2D eigenvalue weighted by Gasteiger charge is -2.32. The van der Waals surface area contributed by atoms with E-state index in [-0.39, 0.29) is 28.0 Å². The maximum atomic E-state index is 13.1. The quantitative estimate of drug-likeness (QED) is 0.449. The summed E-state index contributed by atoms with van der Waals surface area (Å²) in [7, 11) is -4.43. The number of guanidine groups is 1. The number of hydrogen-bond acceptors (Lipinski definition) is 4. The molecule has 1 aromatic rings. The predicted octanol–water partition coefficient (Wildman–Crippen LogP) is 2.23. The minimum atomic E-state index is -4.43. The third-order valence-corrected chi connectivity index (χ3v) is 6.77. The molecular formula is C15H20Cl3N5O4S. The van der Waals surface area contributed by atoms with Gasteiger partial charge in [0.15, 0.2) is 5.96 Å². The minimum Gasteiger partial charge on any atom is -0.370 e. The Kier molecular flexibility index (Phi) is 8.36. The van der Waals surface area contributed by atoms with E-state index in [9.17, 15) is 18.0 Å². The molecule has 1 aliphatic carbocycles. The van der Waals surface area contributed by atoms with Crippen molar-refractivity contribution in [2.75, 3.05) is 0 Å². The van der Waals surface area contributed by atoms with E-state index in [4.69, 9.17) is 40.4 Å². The van der Waals surface area contributed by atoms with Crippen LogP contribution in [0.5, 0.6) is 0 Å². The van der Waals surface area contributed by atoms with Gasteiger partial charge in [-0.25, -0.2) is 17.5 Å². The van der Waals surface area contributed by atoms with E-state index < -0.39 is 38.9 Å². The maximum absolute atomic E-state index is 13.1. The summed E-state index contributed by atoms with van der Waals surface area (Å²) in [5.74, 6) is -1.47. The number of carbonyl (C=O) groups excluding carboxylic acids is 2. The number of nitrogens with two attached hydrogens (primary N) is 3. The second-order valence-electron chi connectivity index (χ2n) is 6.04. The smallest absolute Gasteiger partial charge is 0.328 e. The standard InChI is InChI=1S/C15H19Cl2N5O4S.ClH/c16-10-7-11(17)12(6-9(10)13(23)21-14(18)19)27(25,26)22(15(20)24)8-4-2-1-3-5-8;/h6-8H,1-5H2,(H2,20,24)(H4,18,19,21,23);1H. The van der Waals surface area contributed by atoms with Gasteiger partial charge in [-0.05, 0) is 25.0 Å². The third kappa shape index (κ3) is 5.19. The highest BCUT2D eigenvalue weighted by molar-refractivity contribution is 7.89. The van der Waals surface area contributed by atoms with Gasteiger partial charge in [-0.3, -0.25) is 4.79 Å². The monoisotopic (exact) mass is 471 g/mol. The van der Waals surface area contributed by atoms with Gasteiger partial charge < -0.3 is 17.2 Å². The van der Waals surface area contributed by atoms with Gasteiger partial charge in [0, 0.05) is 0 Å². The molecule has 9 nitrogen and oxygen atoms in total. The summed E-state index contributed by atoms with van der Waals surface area (Å²) in [6, 6.07) is 0.314. The van der Waals surface area contributed by atoms with Crippen molar-refractivity contribution in [3.05, 3.63) is 27.7 Å². The molecule has 0 saturated heterocycles. The summed E-state index contributed by atoms with van der Waals surface area (Å²) >= 11 is 12.0. The summed E-state index contributed by atoms with van der Waals surface area (Å²) in [4.78, 5) is 26.9. The average molecular weight is 473 g/mol. The topological polar surface area (TPSA) is 162 Å². The van der Waals surface area contributed by atoms with Gasteiger partial charge >= 0.3 is 6.03 Å². The zero-order chi connectivity index (χ0) is 20.4. The first-order chi connectivity index (χ1) is 12.6. The van der Waals surface area contributed by atoms with Gasteiger partial charge in [-0.2, -0.15) is 4.99 Å². The summed E-state index contributed by atoms with van der Waals surface area (Å²) in [5.41, 5.74) is 15.4. The second-order valence-corrected chi connectivity index (χ2v) is 8.63. The van der Waals surface area contributed by atoms with Crippen LogP contribution in [0.15, 0.2) is 22.0 Å². The number of aliphatic imine (C=N–C) groups is 1. The zero-order valence-electron chi connectivity index (χ0n) is 14.6. The van der Waals surface area contributed by atoms with Crippen LogP contribution < -0.4 is 17.2 Å². The number of nitrogens with zero attached hydrogens (tertiary/aromatic N) is 2. The van der Waals surface area contributed by atoms with E-state index >= 15 is 0 Å². The van der Waals surface area contributed by atoms with Gasteiger partial charge in [-0.15, -0.1) is 12.4 Å². The normalized spacial score (nSPS) is 14.6. The van der Waals surface area contributed by atoms with Crippen LogP contribution in [0.4, 0.5) is 4.79 Å². The number of amides is 3. The molecule has 1 aromatic carbocycles. The molecule has 0 unspecified atom stereocenters. The molecular weight excluding hydrogens is 453 g/mol. The fraction of sp³-hybridized carbons (Fsp3) is 0.400. The molecule has 0 heterocycles. The Hall–Kier alpha value is -1.75. The van der Waals surface area contributed by atoms with Crippen molar-refractivity contribution in [3.8, 4) is 0 Å². The number of sulfonamides is 1. The van der Waals surface area contributed by atoms with Gasteiger partial charge in [0.25, 0.3) is 15.9 Å². The molecule has 28 heavy (non-hydrogen) atoms. The first kappa shape index (κ1) is 24.3. The molecule has 0 radical (unpaired) electrons. The highest BCUT2D eigenvalue weighted by Crippen LogP contribution is 2.34. The van der Waals surface area contributed by atoms with Crippen LogP contribution in [-0.2, 0) is 10.0 Å². The van der Waals surface area contributed by atoms with Crippen molar-refractivity contribution in [2.24, 2.45) is 22.2 Å². The number of rotatable bonds is 4. The molecule has 0 aliphatic heterocycles. The Morgan fingerprint density at radius 1 is 1.04 bits per heavy atom. The number of hydrogen-bond donors (Lipinski definition) is 3. The molecule has 0 atom stereocenters. The van der Waals surface area contributed by atoms with Crippen molar-refractivity contribution in [3.63, 3.8) is 0 Å². The molecule has 3 amide bonds. The van der Waals surface area contributed by atoms with Crippen molar-refractivity contribution >= 4 is 63.5 Å². The average Bonchev–Trinajstić information content (AvgIpc) is 2.54. The summed E-state index contributed by atoms with van der Waals surface area (Å²) < 4.78 is 26.8. The van der Waals surface area contributed by atoms with Crippen molar-refractivity contribution in [1.82, 2.24) is 4.31 Å². The highest BCUT2D eigenvalue weighted by atomic mass is 35.5. The van der Waals surface area contributed by atoms with Crippen LogP contribution in [0, 0.1) is 0 Å². The lowest BCUT2D eigenvalue weighted by Crippen LogP contribution is -2.48. The molecule has 13 heteroatoms. The predicted molar refractivity (Wildman–Crippen MR) is 109 cm³/mol. The van der Waals surface area contributed by atoms with E-state index in [2.05, 4.69) is 4.99 Å². The van der Waals surface area contributed by atoms with E-state index in [0.29, 0.717) is 17.1 Å². The SMILES string of the molecule is Cl.NC(=O)N(C1CCCCC1)S(=O)(=O)c1cc(C(=O)N=C(N)N)c(Cl)cc1Cl. The maximum Gasteiger partial charge on any atom is 0.328 e. The fourth-order valence-electron chi connectivity index (χ4n) is 2.98. The van der Waals surface area contributed by atoms with E-state index in [0.717, 1.165) is 31.4 Å². The lowest BCUT2D eigenvalue weighted by molar-refractivity contribution is 0.100. The molecule has 1 aliphatic rings. The Bertz CT molecular complexity index is 897. The van der Waals surface area contributed by atoms with Gasteiger partial charge in [0.2, 0.25) is 0 Å². The number of urea groups is 1. The number of primary amides is 1. The van der Waals surface area contributed by atoms with Crippen molar-refractivity contribution < 1.29 is 18.0 Å². The summed E-state index contributed by atoms with van der Waals surface area (Å²) in [5, 5.41) is -0.402. The molecule has 0 spiro atoms. The van der Waals surface area contributed by atoms with E-state index in [1.54, 1.807) is 0 Å². The van der Waals surface area contributed by atoms with Crippen LogP contribution in [0.1, 0.15) is 42.5 Å². The van der Waals surface area contributed by atoms with Crippen LogP contribution >= 0.6 is 35.6 Å². The molecule has 0 aromatic heterocycles. The Balaban J connectivity index is 0.00000392. The van der Waals surface area contributed by atoms with Gasteiger partial charge in [0.1, 0.15) is 4.90 Å². The largest absolute Gasteiger partial charge is 0.370 e. The molecule has 156 valence electrons. The zero-order valence-corrected chi connectivity index (χ0v) is 17.7. The minimum absolute atomic E-state index is 0.